The van der Waals surface area contributed by atoms with Gasteiger partial charge in [-0.2, -0.15) is 0 Å². The molecule has 2 nitrogen and oxygen atoms in total. The van der Waals surface area contributed by atoms with Crippen LogP contribution < -0.4 is 4.74 Å². The summed E-state index contributed by atoms with van der Waals surface area (Å²) in [6, 6.07) is 6.09. The van der Waals surface area contributed by atoms with Gasteiger partial charge in [-0.25, -0.2) is 0 Å². The van der Waals surface area contributed by atoms with Crippen molar-refractivity contribution in [3.8, 4) is 5.75 Å². The molecule has 0 saturated heterocycles. The molecule has 94 valence electrons. The van der Waals surface area contributed by atoms with E-state index in [1.807, 2.05) is 12.1 Å². The highest BCUT2D eigenvalue weighted by molar-refractivity contribution is 5.46. The van der Waals surface area contributed by atoms with E-state index in [0.29, 0.717) is 5.92 Å². The zero-order valence-corrected chi connectivity index (χ0v) is 11.2. The lowest BCUT2D eigenvalue weighted by atomic mass is 9.89. The van der Waals surface area contributed by atoms with Crippen LogP contribution >= 0.6 is 0 Å². The second-order valence-corrected chi connectivity index (χ2v) is 5.61. The first-order valence-corrected chi connectivity index (χ1v) is 6.35. The third-order valence-corrected chi connectivity index (χ3v) is 3.73. The zero-order valence-electron chi connectivity index (χ0n) is 11.2. The number of para-hydroxylation sites is 1. The Morgan fingerprint density at radius 2 is 2.00 bits per heavy atom. The van der Waals surface area contributed by atoms with Crippen LogP contribution in [0.15, 0.2) is 18.2 Å². The van der Waals surface area contributed by atoms with E-state index in [1.54, 1.807) is 21.0 Å². The SMILES string of the molecule is COc1c(C(C)C2CC2)cccc1C(C)(C)O. The van der Waals surface area contributed by atoms with Crippen molar-refractivity contribution < 1.29 is 9.84 Å². The van der Waals surface area contributed by atoms with Gasteiger partial charge < -0.3 is 9.84 Å². The van der Waals surface area contributed by atoms with E-state index < -0.39 is 5.60 Å². The van der Waals surface area contributed by atoms with Gasteiger partial charge in [0.05, 0.1) is 12.7 Å². The highest BCUT2D eigenvalue weighted by Crippen LogP contribution is 2.46. The van der Waals surface area contributed by atoms with Crippen LogP contribution in [0.5, 0.6) is 5.75 Å². The van der Waals surface area contributed by atoms with E-state index >= 15 is 0 Å². The number of aliphatic hydroxyl groups is 1. The summed E-state index contributed by atoms with van der Waals surface area (Å²) in [6.07, 6.45) is 2.63. The van der Waals surface area contributed by atoms with Crippen LogP contribution in [0.3, 0.4) is 0 Å². The maximum Gasteiger partial charge on any atom is 0.128 e. The molecule has 0 spiro atoms. The Balaban J connectivity index is 2.45. The van der Waals surface area contributed by atoms with Crippen molar-refractivity contribution in [3.05, 3.63) is 29.3 Å². The molecule has 1 aliphatic rings. The molecule has 0 bridgehead atoms. The molecule has 1 N–H and O–H groups in total. The summed E-state index contributed by atoms with van der Waals surface area (Å²) in [5.41, 5.74) is 1.25. The fourth-order valence-corrected chi connectivity index (χ4v) is 2.47. The maximum atomic E-state index is 10.2. The molecule has 1 saturated carbocycles. The highest BCUT2D eigenvalue weighted by Gasteiger charge is 2.32. The second-order valence-electron chi connectivity index (χ2n) is 5.61. The molecule has 2 heteroatoms. The molecule has 0 aromatic heterocycles. The molecule has 0 amide bonds. The molecule has 0 radical (unpaired) electrons. The number of benzene rings is 1. The van der Waals surface area contributed by atoms with Gasteiger partial charge in [0.1, 0.15) is 5.75 Å². The Bertz CT molecular complexity index is 400. The summed E-state index contributed by atoms with van der Waals surface area (Å²) in [4.78, 5) is 0. The van der Waals surface area contributed by atoms with Gasteiger partial charge in [-0.1, -0.05) is 25.1 Å². The summed E-state index contributed by atoms with van der Waals surface area (Å²) in [6.45, 7) is 5.86. The molecular weight excluding hydrogens is 212 g/mol. The molecule has 1 aliphatic carbocycles. The number of methoxy groups -OCH3 is 1. The molecule has 0 heterocycles. The molecule has 1 aromatic carbocycles. The quantitative estimate of drug-likeness (QED) is 0.864. The highest BCUT2D eigenvalue weighted by atomic mass is 16.5. The minimum Gasteiger partial charge on any atom is -0.496 e. The Kier molecular flexibility index (Phi) is 3.17. The standard InChI is InChI=1S/C15H22O2/c1-10(11-8-9-11)12-6-5-7-13(14(12)17-4)15(2,3)16/h5-7,10-11,16H,8-9H2,1-4H3. The lowest BCUT2D eigenvalue weighted by Crippen LogP contribution is -2.18. The van der Waals surface area contributed by atoms with Crippen LogP contribution in [0.2, 0.25) is 0 Å². The van der Waals surface area contributed by atoms with E-state index in [-0.39, 0.29) is 0 Å². The third kappa shape index (κ3) is 2.47. The zero-order chi connectivity index (χ0) is 12.6. The smallest absolute Gasteiger partial charge is 0.128 e. The summed E-state index contributed by atoms with van der Waals surface area (Å²) >= 11 is 0. The normalized spacial score (nSPS) is 17.9. The third-order valence-electron chi connectivity index (χ3n) is 3.73. The minimum absolute atomic E-state index is 0.521. The van der Waals surface area contributed by atoms with Gasteiger partial charge in [-0.05, 0) is 44.1 Å². The summed E-state index contributed by atoms with van der Waals surface area (Å²) in [7, 11) is 1.69. The van der Waals surface area contributed by atoms with Crippen LogP contribution in [-0.4, -0.2) is 12.2 Å². The number of hydrogen-bond donors (Lipinski definition) is 1. The van der Waals surface area contributed by atoms with Crippen molar-refractivity contribution >= 4 is 0 Å². The average molecular weight is 234 g/mol. The topological polar surface area (TPSA) is 29.5 Å². The number of hydrogen-bond acceptors (Lipinski definition) is 2. The Hall–Kier alpha value is -1.02. The molecule has 1 fully saturated rings. The summed E-state index contributed by atoms with van der Waals surface area (Å²) in [5, 5.41) is 10.2. The molecule has 1 unspecified atom stereocenters. The summed E-state index contributed by atoms with van der Waals surface area (Å²) in [5.74, 6) is 2.17. The Morgan fingerprint density at radius 3 is 2.47 bits per heavy atom. The molecule has 2 rings (SSSR count). The van der Waals surface area contributed by atoms with Crippen LogP contribution in [0.4, 0.5) is 0 Å². The predicted molar refractivity (Wildman–Crippen MR) is 69.4 cm³/mol. The number of ether oxygens (including phenoxy) is 1. The fraction of sp³-hybridized carbons (Fsp3) is 0.600. The average Bonchev–Trinajstić information content (AvgIpc) is 3.09. The van der Waals surface area contributed by atoms with Crippen molar-refractivity contribution in [2.45, 2.75) is 45.1 Å². The van der Waals surface area contributed by atoms with Crippen molar-refractivity contribution in [1.82, 2.24) is 0 Å². The van der Waals surface area contributed by atoms with Crippen molar-refractivity contribution in [2.75, 3.05) is 7.11 Å². The first kappa shape index (κ1) is 12.4. The first-order chi connectivity index (χ1) is 7.95. The van der Waals surface area contributed by atoms with Gasteiger partial charge in [-0.15, -0.1) is 0 Å². The Labute approximate surface area is 104 Å². The van der Waals surface area contributed by atoms with Gasteiger partial charge in [0.15, 0.2) is 0 Å². The van der Waals surface area contributed by atoms with E-state index in [0.717, 1.165) is 17.2 Å². The van der Waals surface area contributed by atoms with Gasteiger partial charge in [0, 0.05) is 5.56 Å². The Morgan fingerprint density at radius 1 is 1.35 bits per heavy atom. The molecule has 1 aromatic rings. The molecular formula is C15H22O2. The lowest BCUT2D eigenvalue weighted by Gasteiger charge is -2.24. The predicted octanol–water partition coefficient (Wildman–Crippen LogP) is 3.44. The van der Waals surface area contributed by atoms with Crippen LogP contribution in [0.25, 0.3) is 0 Å². The van der Waals surface area contributed by atoms with Gasteiger partial charge in [0.25, 0.3) is 0 Å². The molecule has 1 atom stereocenters. The minimum atomic E-state index is -0.857. The van der Waals surface area contributed by atoms with Gasteiger partial charge >= 0.3 is 0 Å². The second kappa shape index (κ2) is 4.34. The van der Waals surface area contributed by atoms with Gasteiger partial charge in [-0.3, -0.25) is 0 Å². The van der Waals surface area contributed by atoms with E-state index in [2.05, 4.69) is 13.0 Å². The molecule has 0 aliphatic heterocycles. The maximum absolute atomic E-state index is 10.2. The summed E-state index contributed by atoms with van der Waals surface area (Å²) < 4.78 is 5.54. The van der Waals surface area contributed by atoms with E-state index in [4.69, 9.17) is 4.74 Å². The van der Waals surface area contributed by atoms with Gasteiger partial charge in [0.2, 0.25) is 0 Å². The van der Waals surface area contributed by atoms with Crippen LogP contribution in [0, 0.1) is 5.92 Å². The number of rotatable bonds is 4. The lowest BCUT2D eigenvalue weighted by molar-refractivity contribution is 0.0754. The molecule has 17 heavy (non-hydrogen) atoms. The van der Waals surface area contributed by atoms with Crippen LogP contribution in [0.1, 0.15) is 50.7 Å². The first-order valence-electron chi connectivity index (χ1n) is 6.35. The largest absolute Gasteiger partial charge is 0.496 e. The van der Waals surface area contributed by atoms with Crippen molar-refractivity contribution in [1.29, 1.82) is 0 Å². The van der Waals surface area contributed by atoms with Crippen molar-refractivity contribution in [2.24, 2.45) is 5.92 Å². The fourth-order valence-electron chi connectivity index (χ4n) is 2.47. The monoisotopic (exact) mass is 234 g/mol. The van der Waals surface area contributed by atoms with E-state index in [9.17, 15) is 5.11 Å². The van der Waals surface area contributed by atoms with E-state index in [1.165, 1.54) is 18.4 Å². The van der Waals surface area contributed by atoms with Crippen molar-refractivity contribution in [3.63, 3.8) is 0 Å². The van der Waals surface area contributed by atoms with Crippen LogP contribution in [-0.2, 0) is 5.60 Å².